The number of aromatic amines is 2. The number of nitrogens with zero attached hydrogens (tertiary/aromatic N) is 1. The van der Waals surface area contributed by atoms with Crippen molar-refractivity contribution >= 4 is 16.9 Å². The minimum Gasteiger partial charge on any atom is -0.461 e. The van der Waals surface area contributed by atoms with Crippen LogP contribution in [0.25, 0.3) is 10.9 Å². The molecule has 6 heteroatoms. The first kappa shape index (κ1) is 17.2. The lowest BCUT2D eigenvalue weighted by molar-refractivity contribution is 0.0518. The number of nitrogens with two attached hydrogens (primary N) is 1. The molecule has 1 atom stereocenters. The topological polar surface area (TPSA) is 96.8 Å². The van der Waals surface area contributed by atoms with Crippen molar-refractivity contribution in [1.82, 2.24) is 15.0 Å². The number of aromatic nitrogens is 3. The van der Waals surface area contributed by atoms with Crippen LogP contribution in [0.15, 0.2) is 30.5 Å². The Kier molecular flexibility index (Phi) is 4.90. The average Bonchev–Trinajstić information content (AvgIpc) is 3.20. The molecular formula is C19H24N4O2. The van der Waals surface area contributed by atoms with Gasteiger partial charge in [0.25, 0.3) is 0 Å². The molecule has 0 aliphatic rings. The maximum atomic E-state index is 12.1. The van der Waals surface area contributed by atoms with Gasteiger partial charge in [0.05, 0.1) is 18.3 Å². The lowest BCUT2D eigenvalue weighted by Crippen LogP contribution is -2.15. The van der Waals surface area contributed by atoms with Crippen LogP contribution < -0.4 is 5.73 Å². The first-order valence-electron chi connectivity index (χ1n) is 8.58. The smallest absolute Gasteiger partial charge is 0.358 e. The van der Waals surface area contributed by atoms with Gasteiger partial charge in [0, 0.05) is 17.1 Å². The molecule has 0 saturated carbocycles. The Morgan fingerprint density at radius 3 is 2.80 bits per heavy atom. The number of esters is 1. The second-order valence-corrected chi connectivity index (χ2v) is 6.43. The third-order valence-corrected chi connectivity index (χ3v) is 4.26. The van der Waals surface area contributed by atoms with E-state index in [1.807, 2.05) is 38.2 Å². The van der Waals surface area contributed by atoms with E-state index in [0.717, 1.165) is 22.2 Å². The molecule has 0 unspecified atom stereocenters. The zero-order chi connectivity index (χ0) is 18.0. The van der Waals surface area contributed by atoms with Crippen molar-refractivity contribution in [2.24, 2.45) is 5.73 Å². The lowest BCUT2D eigenvalue weighted by Gasteiger charge is -2.08. The van der Waals surface area contributed by atoms with Gasteiger partial charge in [-0.25, -0.2) is 9.78 Å². The normalized spacial score (nSPS) is 12.7. The molecule has 3 rings (SSSR count). The van der Waals surface area contributed by atoms with Crippen LogP contribution in [0, 0.1) is 0 Å². The van der Waals surface area contributed by atoms with Crippen molar-refractivity contribution in [3.63, 3.8) is 0 Å². The van der Waals surface area contributed by atoms with Gasteiger partial charge in [-0.2, -0.15) is 0 Å². The van der Waals surface area contributed by atoms with Crippen LogP contribution in [0.2, 0.25) is 0 Å². The van der Waals surface area contributed by atoms with E-state index in [0.29, 0.717) is 24.5 Å². The summed E-state index contributed by atoms with van der Waals surface area (Å²) in [6.45, 7) is 6.11. The predicted octanol–water partition coefficient (Wildman–Crippen LogP) is 3.43. The number of para-hydroxylation sites is 1. The summed E-state index contributed by atoms with van der Waals surface area (Å²) in [7, 11) is 0. The molecule has 0 fully saturated rings. The molecule has 0 aliphatic carbocycles. The van der Waals surface area contributed by atoms with Crippen LogP contribution >= 0.6 is 0 Å². The van der Waals surface area contributed by atoms with E-state index >= 15 is 0 Å². The maximum Gasteiger partial charge on any atom is 0.358 e. The van der Waals surface area contributed by atoms with Crippen molar-refractivity contribution in [2.45, 2.75) is 39.2 Å². The number of hydrogen-bond acceptors (Lipinski definition) is 4. The Morgan fingerprint density at radius 1 is 1.32 bits per heavy atom. The minimum atomic E-state index is -0.409. The number of hydrogen-bond donors (Lipinski definition) is 3. The fourth-order valence-electron chi connectivity index (χ4n) is 2.99. The summed E-state index contributed by atoms with van der Waals surface area (Å²) in [6.07, 6.45) is 2.60. The summed E-state index contributed by atoms with van der Waals surface area (Å²) in [5, 5.41) is 1.15. The molecule has 0 saturated heterocycles. The number of nitrogens with one attached hydrogen (secondary N) is 2. The van der Waals surface area contributed by atoms with E-state index in [-0.39, 0.29) is 12.0 Å². The molecular weight excluding hydrogens is 316 g/mol. The van der Waals surface area contributed by atoms with E-state index in [4.69, 9.17) is 10.5 Å². The molecule has 4 N–H and O–H groups in total. The Hall–Kier alpha value is -2.60. The molecule has 6 nitrogen and oxygen atoms in total. The molecule has 0 spiro atoms. The van der Waals surface area contributed by atoms with Gasteiger partial charge >= 0.3 is 5.97 Å². The van der Waals surface area contributed by atoms with E-state index in [9.17, 15) is 4.79 Å². The van der Waals surface area contributed by atoms with Gasteiger partial charge in [-0.1, -0.05) is 32.0 Å². The fraction of sp³-hybridized carbons (Fsp3) is 0.368. The summed E-state index contributed by atoms with van der Waals surface area (Å²) in [5.41, 5.74) is 9.69. The van der Waals surface area contributed by atoms with Gasteiger partial charge in [0.1, 0.15) is 5.82 Å². The summed E-state index contributed by atoms with van der Waals surface area (Å²) in [6, 6.07) is 7.77. The molecule has 2 heterocycles. The minimum absolute atomic E-state index is 0.126. The number of H-pyrrole nitrogens is 2. The number of ether oxygens (including phenoxy) is 1. The number of carbonyl (C=O) groups excluding carboxylic acids is 1. The zero-order valence-corrected chi connectivity index (χ0v) is 14.8. The van der Waals surface area contributed by atoms with Crippen LogP contribution in [0.5, 0.6) is 0 Å². The van der Waals surface area contributed by atoms with E-state index in [1.54, 1.807) is 6.92 Å². The standard InChI is InChI=1S/C19H24N4O2/c1-4-25-19(24)17-16(11(2)3)22-18(23-17)14(20)9-12-10-21-15-8-6-5-7-13(12)15/h5-8,10-11,14,21H,4,9,20H2,1-3H3,(H,22,23)/t14-/m1/s1. The molecule has 0 bridgehead atoms. The SMILES string of the molecule is CCOC(=O)c1nc([C@H](N)Cc2c[nH]c3ccccc23)[nH]c1C(C)C. The van der Waals surface area contributed by atoms with Gasteiger partial charge < -0.3 is 20.4 Å². The summed E-state index contributed by atoms with van der Waals surface area (Å²) < 4.78 is 5.11. The number of carbonyl (C=O) groups is 1. The number of rotatable bonds is 6. The van der Waals surface area contributed by atoms with E-state index in [2.05, 4.69) is 21.0 Å². The Morgan fingerprint density at radius 2 is 2.08 bits per heavy atom. The van der Waals surface area contributed by atoms with Crippen LogP contribution in [-0.4, -0.2) is 27.5 Å². The highest BCUT2D eigenvalue weighted by Crippen LogP contribution is 2.25. The summed E-state index contributed by atoms with van der Waals surface area (Å²) >= 11 is 0. The fourth-order valence-corrected chi connectivity index (χ4v) is 2.99. The average molecular weight is 340 g/mol. The predicted molar refractivity (Wildman–Crippen MR) is 97.6 cm³/mol. The van der Waals surface area contributed by atoms with Gasteiger partial charge in [-0.3, -0.25) is 0 Å². The van der Waals surface area contributed by atoms with Crippen LogP contribution in [0.3, 0.4) is 0 Å². The van der Waals surface area contributed by atoms with Gasteiger partial charge in [0.2, 0.25) is 0 Å². The van der Waals surface area contributed by atoms with Gasteiger partial charge in [0.15, 0.2) is 5.69 Å². The Bertz CT molecular complexity index is 879. The Balaban J connectivity index is 1.88. The third-order valence-electron chi connectivity index (χ3n) is 4.26. The van der Waals surface area contributed by atoms with E-state index < -0.39 is 5.97 Å². The highest BCUT2D eigenvalue weighted by atomic mass is 16.5. The van der Waals surface area contributed by atoms with E-state index in [1.165, 1.54) is 0 Å². The molecule has 25 heavy (non-hydrogen) atoms. The second-order valence-electron chi connectivity index (χ2n) is 6.43. The van der Waals surface area contributed by atoms with Gasteiger partial charge in [-0.15, -0.1) is 0 Å². The summed E-state index contributed by atoms with van der Waals surface area (Å²) in [5.74, 6) is 0.325. The highest BCUT2D eigenvalue weighted by molar-refractivity contribution is 5.89. The molecule has 1 aromatic carbocycles. The lowest BCUT2D eigenvalue weighted by atomic mass is 10.1. The quantitative estimate of drug-likeness (QED) is 0.599. The highest BCUT2D eigenvalue weighted by Gasteiger charge is 2.23. The van der Waals surface area contributed by atoms with Crippen molar-refractivity contribution in [3.8, 4) is 0 Å². The van der Waals surface area contributed by atoms with Gasteiger partial charge in [-0.05, 0) is 30.9 Å². The summed E-state index contributed by atoms with van der Waals surface area (Å²) in [4.78, 5) is 23.1. The Labute approximate surface area is 146 Å². The third kappa shape index (κ3) is 3.44. The maximum absolute atomic E-state index is 12.1. The molecule has 2 aromatic heterocycles. The van der Waals surface area contributed by atoms with Crippen LogP contribution in [0.4, 0.5) is 0 Å². The molecule has 0 amide bonds. The van der Waals surface area contributed by atoms with Crippen molar-refractivity contribution in [1.29, 1.82) is 0 Å². The van der Waals surface area contributed by atoms with Crippen molar-refractivity contribution < 1.29 is 9.53 Å². The molecule has 0 aliphatic heterocycles. The van der Waals surface area contributed by atoms with Crippen LogP contribution in [-0.2, 0) is 11.2 Å². The molecule has 0 radical (unpaired) electrons. The first-order chi connectivity index (χ1) is 12.0. The van der Waals surface area contributed by atoms with Crippen molar-refractivity contribution in [3.05, 3.63) is 53.2 Å². The first-order valence-corrected chi connectivity index (χ1v) is 8.58. The number of benzene rings is 1. The number of imidazole rings is 1. The monoisotopic (exact) mass is 340 g/mol. The second kappa shape index (κ2) is 7.11. The molecule has 132 valence electrons. The largest absolute Gasteiger partial charge is 0.461 e. The number of fused-ring (bicyclic) bond motifs is 1. The van der Waals surface area contributed by atoms with Crippen LogP contribution in [0.1, 0.15) is 60.3 Å². The molecule has 3 aromatic rings. The van der Waals surface area contributed by atoms with Crippen molar-refractivity contribution in [2.75, 3.05) is 6.61 Å². The zero-order valence-electron chi connectivity index (χ0n) is 14.8.